The van der Waals surface area contributed by atoms with E-state index < -0.39 is 0 Å². The second-order valence-corrected chi connectivity index (χ2v) is 6.47. The zero-order valence-corrected chi connectivity index (χ0v) is 12.4. The number of nitrogens with zero attached hydrogens (tertiary/aromatic N) is 4. The molecule has 3 rings (SSSR count). The maximum Gasteiger partial charge on any atom is 0.225 e. The molecule has 0 bridgehead atoms. The van der Waals surface area contributed by atoms with Gasteiger partial charge in [-0.2, -0.15) is 11.8 Å². The third kappa shape index (κ3) is 3.06. The van der Waals surface area contributed by atoms with E-state index in [4.69, 9.17) is 0 Å². The fourth-order valence-corrected chi connectivity index (χ4v) is 3.73. The molecule has 2 saturated heterocycles. The minimum Gasteiger partial charge on any atom is -0.341 e. The van der Waals surface area contributed by atoms with Crippen molar-refractivity contribution < 1.29 is 4.79 Å². The molecule has 0 spiro atoms. The van der Waals surface area contributed by atoms with E-state index in [1.54, 1.807) is 12.4 Å². The molecular formula is C14H20N4OS. The van der Waals surface area contributed by atoms with Gasteiger partial charge in [0.2, 0.25) is 11.9 Å². The van der Waals surface area contributed by atoms with Crippen LogP contribution >= 0.6 is 11.8 Å². The van der Waals surface area contributed by atoms with Crippen LogP contribution in [0.2, 0.25) is 0 Å². The van der Waals surface area contributed by atoms with Crippen LogP contribution in [0, 0.1) is 5.92 Å². The quantitative estimate of drug-likeness (QED) is 0.821. The maximum absolute atomic E-state index is 12.5. The van der Waals surface area contributed by atoms with Gasteiger partial charge in [0.25, 0.3) is 0 Å². The van der Waals surface area contributed by atoms with E-state index in [0.29, 0.717) is 5.91 Å². The molecule has 0 N–H and O–H groups in total. The monoisotopic (exact) mass is 292 g/mol. The van der Waals surface area contributed by atoms with Gasteiger partial charge in [-0.15, -0.1) is 0 Å². The van der Waals surface area contributed by atoms with Gasteiger partial charge in [0, 0.05) is 56.0 Å². The van der Waals surface area contributed by atoms with Gasteiger partial charge >= 0.3 is 0 Å². The van der Waals surface area contributed by atoms with Crippen molar-refractivity contribution in [3.05, 3.63) is 18.5 Å². The molecule has 5 nitrogen and oxygen atoms in total. The van der Waals surface area contributed by atoms with Gasteiger partial charge in [-0.05, 0) is 18.9 Å². The highest BCUT2D eigenvalue weighted by Crippen LogP contribution is 2.23. The highest BCUT2D eigenvalue weighted by Gasteiger charge is 2.29. The zero-order valence-electron chi connectivity index (χ0n) is 11.6. The minimum atomic E-state index is 0.193. The number of thioether (sulfide) groups is 1. The predicted molar refractivity (Wildman–Crippen MR) is 80.9 cm³/mol. The fraction of sp³-hybridized carbons (Fsp3) is 0.643. The number of piperidine rings is 1. The molecule has 2 aliphatic heterocycles. The number of aromatic nitrogens is 2. The Bertz CT molecular complexity index is 442. The Morgan fingerprint density at radius 2 is 1.75 bits per heavy atom. The fourth-order valence-electron chi connectivity index (χ4n) is 2.82. The van der Waals surface area contributed by atoms with E-state index >= 15 is 0 Å². The first-order chi connectivity index (χ1) is 9.84. The van der Waals surface area contributed by atoms with Crippen molar-refractivity contribution in [2.24, 2.45) is 5.92 Å². The van der Waals surface area contributed by atoms with Gasteiger partial charge in [-0.3, -0.25) is 4.79 Å². The SMILES string of the molecule is O=C(C1CCN(c2ncccn2)CC1)N1CCSCC1. The summed E-state index contributed by atoms with van der Waals surface area (Å²) in [6, 6.07) is 1.83. The molecule has 108 valence electrons. The highest BCUT2D eigenvalue weighted by atomic mass is 32.2. The van der Waals surface area contributed by atoms with Crippen LogP contribution in [0.3, 0.4) is 0 Å². The summed E-state index contributed by atoms with van der Waals surface area (Å²) < 4.78 is 0. The number of rotatable bonds is 2. The Kier molecular flexibility index (Phi) is 4.40. The number of amides is 1. The molecule has 0 aliphatic carbocycles. The van der Waals surface area contributed by atoms with Gasteiger partial charge in [-0.1, -0.05) is 0 Å². The van der Waals surface area contributed by atoms with E-state index in [1.807, 2.05) is 17.8 Å². The summed E-state index contributed by atoms with van der Waals surface area (Å²) in [6.45, 7) is 3.60. The lowest BCUT2D eigenvalue weighted by molar-refractivity contribution is -0.135. The van der Waals surface area contributed by atoms with Gasteiger partial charge in [0.05, 0.1) is 0 Å². The lowest BCUT2D eigenvalue weighted by Crippen LogP contribution is -2.45. The molecule has 1 amide bonds. The molecule has 2 fully saturated rings. The van der Waals surface area contributed by atoms with Crippen LogP contribution in [-0.4, -0.2) is 58.5 Å². The topological polar surface area (TPSA) is 49.3 Å². The molecule has 1 aromatic rings. The molecule has 6 heteroatoms. The summed E-state index contributed by atoms with van der Waals surface area (Å²) in [7, 11) is 0. The Morgan fingerprint density at radius 1 is 1.10 bits per heavy atom. The standard InChI is InChI=1S/C14H20N4OS/c19-13(17-8-10-20-11-9-17)12-2-6-18(7-3-12)14-15-4-1-5-16-14/h1,4-5,12H,2-3,6-11H2. The lowest BCUT2D eigenvalue weighted by Gasteiger charge is -2.35. The van der Waals surface area contributed by atoms with Gasteiger partial charge < -0.3 is 9.80 Å². The Morgan fingerprint density at radius 3 is 2.40 bits per heavy atom. The van der Waals surface area contributed by atoms with E-state index in [-0.39, 0.29) is 5.92 Å². The number of anilines is 1. The second-order valence-electron chi connectivity index (χ2n) is 5.25. The summed E-state index contributed by atoms with van der Waals surface area (Å²) in [5, 5.41) is 0. The summed E-state index contributed by atoms with van der Waals surface area (Å²) in [5.41, 5.74) is 0. The van der Waals surface area contributed by atoms with Crippen LogP contribution in [-0.2, 0) is 4.79 Å². The van der Waals surface area contributed by atoms with Crippen LogP contribution in [0.15, 0.2) is 18.5 Å². The molecular weight excluding hydrogens is 272 g/mol. The number of hydrogen-bond donors (Lipinski definition) is 0. The lowest BCUT2D eigenvalue weighted by atomic mass is 9.95. The molecule has 20 heavy (non-hydrogen) atoms. The molecule has 0 saturated carbocycles. The third-order valence-electron chi connectivity index (χ3n) is 4.00. The summed E-state index contributed by atoms with van der Waals surface area (Å²) in [5.74, 6) is 3.51. The van der Waals surface area contributed by atoms with Gasteiger partial charge in [-0.25, -0.2) is 9.97 Å². The third-order valence-corrected chi connectivity index (χ3v) is 4.94. The van der Waals surface area contributed by atoms with Crippen molar-refractivity contribution in [2.45, 2.75) is 12.8 Å². The molecule has 1 aromatic heterocycles. The highest BCUT2D eigenvalue weighted by molar-refractivity contribution is 7.99. The molecule has 2 aliphatic rings. The van der Waals surface area contributed by atoms with E-state index in [2.05, 4.69) is 19.8 Å². The van der Waals surface area contributed by atoms with E-state index in [9.17, 15) is 4.79 Å². The normalized spacial score (nSPS) is 21.0. The molecule has 0 unspecified atom stereocenters. The first-order valence-electron chi connectivity index (χ1n) is 7.23. The minimum absolute atomic E-state index is 0.193. The first-order valence-corrected chi connectivity index (χ1v) is 8.38. The Balaban J connectivity index is 1.54. The van der Waals surface area contributed by atoms with Crippen molar-refractivity contribution in [3.63, 3.8) is 0 Å². The van der Waals surface area contributed by atoms with Crippen molar-refractivity contribution in [1.82, 2.24) is 14.9 Å². The average Bonchev–Trinajstić information content (AvgIpc) is 2.56. The Labute approximate surface area is 123 Å². The smallest absolute Gasteiger partial charge is 0.225 e. The van der Waals surface area contributed by atoms with Crippen molar-refractivity contribution in [2.75, 3.05) is 42.6 Å². The summed E-state index contributed by atoms with van der Waals surface area (Å²) >= 11 is 1.94. The number of hydrogen-bond acceptors (Lipinski definition) is 5. The number of carbonyl (C=O) groups is 1. The first kappa shape index (κ1) is 13.7. The predicted octanol–water partition coefficient (Wildman–Crippen LogP) is 1.27. The molecule has 0 radical (unpaired) electrons. The van der Waals surface area contributed by atoms with Crippen LogP contribution in [0.5, 0.6) is 0 Å². The molecule has 3 heterocycles. The van der Waals surface area contributed by atoms with Crippen molar-refractivity contribution in [1.29, 1.82) is 0 Å². The van der Waals surface area contributed by atoms with Gasteiger partial charge in [0.15, 0.2) is 0 Å². The van der Waals surface area contributed by atoms with Crippen molar-refractivity contribution >= 4 is 23.6 Å². The number of carbonyl (C=O) groups excluding carboxylic acids is 1. The van der Waals surface area contributed by atoms with E-state index in [1.165, 1.54) is 0 Å². The van der Waals surface area contributed by atoms with Crippen LogP contribution in [0.1, 0.15) is 12.8 Å². The molecule has 0 aromatic carbocycles. The summed E-state index contributed by atoms with van der Waals surface area (Å²) in [6.07, 6.45) is 5.37. The summed E-state index contributed by atoms with van der Waals surface area (Å²) in [4.78, 5) is 25.2. The maximum atomic E-state index is 12.5. The van der Waals surface area contributed by atoms with Crippen molar-refractivity contribution in [3.8, 4) is 0 Å². The van der Waals surface area contributed by atoms with Gasteiger partial charge in [0.1, 0.15) is 0 Å². The van der Waals surface area contributed by atoms with E-state index in [0.717, 1.165) is 56.5 Å². The average molecular weight is 292 g/mol. The van der Waals surface area contributed by atoms with Crippen LogP contribution in [0.4, 0.5) is 5.95 Å². The zero-order chi connectivity index (χ0) is 13.8. The Hall–Kier alpha value is -1.30. The van der Waals surface area contributed by atoms with Crippen LogP contribution in [0.25, 0.3) is 0 Å². The second kappa shape index (κ2) is 6.43. The largest absolute Gasteiger partial charge is 0.341 e. The molecule has 0 atom stereocenters. The van der Waals surface area contributed by atoms with Crippen LogP contribution < -0.4 is 4.90 Å².